The first-order valence-corrected chi connectivity index (χ1v) is 8.38. The van der Waals surface area contributed by atoms with Gasteiger partial charge in [0.15, 0.2) is 0 Å². The van der Waals surface area contributed by atoms with Gasteiger partial charge in [0.1, 0.15) is 11.9 Å². The summed E-state index contributed by atoms with van der Waals surface area (Å²) >= 11 is 0. The predicted molar refractivity (Wildman–Crippen MR) is 80.3 cm³/mol. The molecule has 0 aromatic heterocycles. The molecule has 0 saturated carbocycles. The Morgan fingerprint density at radius 2 is 2.00 bits per heavy atom. The molecule has 2 aromatic carbocycles. The highest BCUT2D eigenvalue weighted by molar-refractivity contribution is 7.89. The maximum atomic E-state index is 13.3. The summed E-state index contributed by atoms with van der Waals surface area (Å²) in [7, 11) is -4.00. The molecule has 0 bridgehead atoms. The molecule has 23 heavy (non-hydrogen) atoms. The number of fused-ring (bicyclic) bond motifs is 1. The van der Waals surface area contributed by atoms with Gasteiger partial charge in [0, 0.05) is 6.42 Å². The second kappa shape index (κ2) is 5.74. The van der Waals surface area contributed by atoms with Gasteiger partial charge in [-0.15, -0.1) is 0 Å². The first-order chi connectivity index (χ1) is 10.9. The first-order valence-electron chi connectivity index (χ1n) is 6.90. The van der Waals surface area contributed by atoms with Crippen molar-refractivity contribution in [2.24, 2.45) is 0 Å². The molecule has 0 heterocycles. The summed E-state index contributed by atoms with van der Waals surface area (Å²) in [5, 5.41) is 18.9. The molecule has 0 spiro atoms. The smallest absolute Gasteiger partial charge is 0.241 e. The van der Waals surface area contributed by atoms with Gasteiger partial charge < -0.3 is 5.11 Å². The maximum Gasteiger partial charge on any atom is 0.241 e. The molecule has 2 atom stereocenters. The van der Waals surface area contributed by atoms with Crippen molar-refractivity contribution in [2.75, 3.05) is 0 Å². The van der Waals surface area contributed by atoms with E-state index in [0.29, 0.717) is 12.0 Å². The van der Waals surface area contributed by atoms with E-state index in [-0.39, 0.29) is 10.5 Å². The minimum absolute atomic E-state index is 0.216. The largest absolute Gasteiger partial charge is 0.391 e. The molecule has 0 aliphatic heterocycles. The number of aliphatic hydroxyl groups is 1. The first kappa shape index (κ1) is 15.6. The summed E-state index contributed by atoms with van der Waals surface area (Å²) in [4.78, 5) is -0.216. The number of nitrogens with one attached hydrogen (secondary N) is 1. The van der Waals surface area contributed by atoms with Crippen LogP contribution < -0.4 is 4.72 Å². The molecular weight excluding hydrogens is 319 g/mol. The van der Waals surface area contributed by atoms with E-state index >= 15 is 0 Å². The van der Waals surface area contributed by atoms with E-state index in [1.807, 2.05) is 12.1 Å². The van der Waals surface area contributed by atoms with Crippen LogP contribution in [0.25, 0.3) is 0 Å². The van der Waals surface area contributed by atoms with Crippen LogP contribution in [0.15, 0.2) is 47.4 Å². The summed E-state index contributed by atoms with van der Waals surface area (Å²) in [5.41, 5.74) is 1.25. The van der Waals surface area contributed by atoms with Crippen LogP contribution in [0.2, 0.25) is 0 Å². The van der Waals surface area contributed by atoms with E-state index in [9.17, 15) is 17.9 Å². The Morgan fingerprint density at radius 3 is 2.74 bits per heavy atom. The highest BCUT2D eigenvalue weighted by Gasteiger charge is 2.34. The van der Waals surface area contributed by atoms with E-state index in [0.717, 1.165) is 23.8 Å². The van der Waals surface area contributed by atoms with E-state index in [2.05, 4.69) is 4.72 Å². The number of benzene rings is 2. The number of sulfonamides is 1. The van der Waals surface area contributed by atoms with Crippen molar-refractivity contribution in [2.45, 2.75) is 23.5 Å². The predicted octanol–water partition coefficient (Wildman–Crippen LogP) is 1.63. The van der Waals surface area contributed by atoms with Gasteiger partial charge in [0.05, 0.1) is 22.6 Å². The average molecular weight is 332 g/mol. The van der Waals surface area contributed by atoms with Crippen molar-refractivity contribution in [3.8, 4) is 6.07 Å². The summed E-state index contributed by atoms with van der Waals surface area (Å²) in [6.45, 7) is 0. The van der Waals surface area contributed by atoms with Crippen LogP contribution in [-0.2, 0) is 16.4 Å². The van der Waals surface area contributed by atoms with Crippen LogP contribution in [0.5, 0.6) is 0 Å². The quantitative estimate of drug-likeness (QED) is 0.894. The van der Waals surface area contributed by atoms with E-state index in [4.69, 9.17) is 5.26 Å². The topological polar surface area (TPSA) is 90.2 Å². The molecular formula is C16H13FN2O3S. The molecule has 0 saturated heterocycles. The second-order valence-corrected chi connectivity index (χ2v) is 7.04. The van der Waals surface area contributed by atoms with Crippen LogP contribution in [-0.4, -0.2) is 19.6 Å². The third-order valence-corrected chi connectivity index (χ3v) is 5.29. The fourth-order valence-corrected chi connectivity index (χ4v) is 3.98. The maximum absolute atomic E-state index is 13.3. The standard InChI is InChI=1S/C16H13FN2O3S/c17-14-6-5-12(7-11(14)9-18)23(21,22)19-16-13-4-2-1-3-10(13)8-15(16)20/h1-7,15-16,19-20H,8H2. The van der Waals surface area contributed by atoms with Crippen molar-refractivity contribution < 1.29 is 17.9 Å². The van der Waals surface area contributed by atoms with Gasteiger partial charge in [-0.1, -0.05) is 24.3 Å². The van der Waals surface area contributed by atoms with Crippen molar-refractivity contribution in [1.82, 2.24) is 4.72 Å². The molecule has 3 rings (SSSR count). The van der Waals surface area contributed by atoms with Gasteiger partial charge in [0.25, 0.3) is 0 Å². The van der Waals surface area contributed by atoms with Crippen LogP contribution in [0, 0.1) is 17.1 Å². The van der Waals surface area contributed by atoms with Crippen molar-refractivity contribution in [3.63, 3.8) is 0 Å². The van der Waals surface area contributed by atoms with Crippen LogP contribution in [0.4, 0.5) is 4.39 Å². The van der Waals surface area contributed by atoms with E-state index in [1.54, 1.807) is 18.2 Å². The number of nitrogens with zero attached hydrogens (tertiary/aromatic N) is 1. The Morgan fingerprint density at radius 1 is 1.26 bits per heavy atom. The Balaban J connectivity index is 1.95. The monoisotopic (exact) mass is 332 g/mol. The van der Waals surface area contributed by atoms with Gasteiger partial charge in [0.2, 0.25) is 10.0 Å². The lowest BCUT2D eigenvalue weighted by Crippen LogP contribution is -2.34. The average Bonchev–Trinajstić information content (AvgIpc) is 2.83. The SMILES string of the molecule is N#Cc1cc(S(=O)(=O)NC2c3ccccc3CC2O)ccc1F. The third kappa shape index (κ3) is 2.84. The zero-order chi connectivity index (χ0) is 16.6. The lowest BCUT2D eigenvalue weighted by molar-refractivity contribution is 0.151. The highest BCUT2D eigenvalue weighted by atomic mass is 32.2. The molecule has 118 valence electrons. The van der Waals surface area contributed by atoms with E-state index < -0.39 is 28.0 Å². The molecule has 2 unspecified atom stereocenters. The normalized spacial score (nSPS) is 20.0. The lowest BCUT2D eigenvalue weighted by Gasteiger charge is -2.18. The second-order valence-electron chi connectivity index (χ2n) is 5.32. The van der Waals surface area contributed by atoms with Gasteiger partial charge in [-0.3, -0.25) is 0 Å². The lowest BCUT2D eigenvalue weighted by atomic mass is 10.1. The van der Waals surface area contributed by atoms with Crippen molar-refractivity contribution in [3.05, 3.63) is 65.0 Å². The molecule has 1 aliphatic rings. The summed E-state index contributed by atoms with van der Waals surface area (Å²) in [5.74, 6) is -0.780. The molecule has 7 heteroatoms. The van der Waals surface area contributed by atoms with E-state index in [1.165, 1.54) is 0 Å². The van der Waals surface area contributed by atoms with Gasteiger partial charge >= 0.3 is 0 Å². The summed E-state index contributed by atoms with van der Waals surface area (Å²) in [6, 6.07) is 11.0. The number of aliphatic hydroxyl groups excluding tert-OH is 1. The number of nitriles is 1. The van der Waals surface area contributed by atoms with Crippen molar-refractivity contribution in [1.29, 1.82) is 5.26 Å². The Hall–Kier alpha value is -2.27. The molecule has 5 nitrogen and oxygen atoms in total. The zero-order valence-electron chi connectivity index (χ0n) is 11.9. The molecule has 2 N–H and O–H groups in total. The van der Waals surface area contributed by atoms with Gasteiger partial charge in [-0.2, -0.15) is 5.26 Å². The molecule has 0 radical (unpaired) electrons. The fourth-order valence-electron chi connectivity index (χ4n) is 2.71. The highest BCUT2D eigenvalue weighted by Crippen LogP contribution is 2.32. The zero-order valence-corrected chi connectivity index (χ0v) is 12.7. The van der Waals surface area contributed by atoms with Gasteiger partial charge in [-0.05, 0) is 29.3 Å². The summed E-state index contributed by atoms with van der Waals surface area (Å²) < 4.78 is 40.7. The minimum Gasteiger partial charge on any atom is -0.391 e. The fraction of sp³-hybridized carbons (Fsp3) is 0.188. The van der Waals surface area contributed by atoms with Crippen LogP contribution in [0.1, 0.15) is 22.7 Å². The number of hydrogen-bond donors (Lipinski definition) is 2. The molecule has 0 fully saturated rings. The molecule has 1 aliphatic carbocycles. The van der Waals surface area contributed by atoms with Crippen LogP contribution >= 0.6 is 0 Å². The van der Waals surface area contributed by atoms with Gasteiger partial charge in [-0.25, -0.2) is 17.5 Å². The Labute approximate surface area is 133 Å². The van der Waals surface area contributed by atoms with Crippen molar-refractivity contribution >= 4 is 10.0 Å². The van der Waals surface area contributed by atoms with Crippen LogP contribution in [0.3, 0.4) is 0 Å². The number of rotatable bonds is 3. The number of hydrogen-bond acceptors (Lipinski definition) is 4. The molecule has 0 amide bonds. The number of halogens is 1. The third-order valence-electron chi connectivity index (χ3n) is 3.85. The summed E-state index contributed by atoms with van der Waals surface area (Å²) in [6.07, 6.45) is -0.519. The Bertz CT molecular complexity index is 906. The molecule has 2 aromatic rings. The minimum atomic E-state index is -4.00. The Kier molecular flexibility index (Phi) is 3.90.